The SMILES string of the molecule is CCNC(C)c1sc(N(CC(C)C)C2CCCC2)nc1C. The number of hydrogen-bond acceptors (Lipinski definition) is 4. The Morgan fingerprint density at radius 3 is 2.52 bits per heavy atom. The van der Waals surface area contributed by atoms with Gasteiger partial charge in [0.25, 0.3) is 0 Å². The van der Waals surface area contributed by atoms with Crippen LogP contribution >= 0.6 is 11.3 Å². The molecule has 1 aliphatic rings. The van der Waals surface area contributed by atoms with Crippen LogP contribution in [0.1, 0.15) is 70.0 Å². The summed E-state index contributed by atoms with van der Waals surface area (Å²) in [6.45, 7) is 13.3. The second-order valence-electron chi connectivity index (χ2n) is 6.71. The molecule has 1 aliphatic carbocycles. The van der Waals surface area contributed by atoms with Crippen LogP contribution in [0.15, 0.2) is 0 Å². The first-order chi connectivity index (χ1) is 10.0. The fourth-order valence-corrected chi connectivity index (χ4v) is 4.48. The molecular formula is C17H31N3S. The topological polar surface area (TPSA) is 28.2 Å². The van der Waals surface area contributed by atoms with Gasteiger partial charge in [0, 0.05) is 23.5 Å². The Kier molecular flexibility index (Phi) is 6.06. The van der Waals surface area contributed by atoms with Gasteiger partial charge in [-0.2, -0.15) is 0 Å². The lowest BCUT2D eigenvalue weighted by Crippen LogP contribution is -2.36. The Morgan fingerprint density at radius 2 is 1.95 bits per heavy atom. The van der Waals surface area contributed by atoms with E-state index in [9.17, 15) is 0 Å². The highest BCUT2D eigenvalue weighted by Crippen LogP contribution is 2.35. The van der Waals surface area contributed by atoms with Gasteiger partial charge in [-0.1, -0.05) is 33.6 Å². The Labute approximate surface area is 134 Å². The summed E-state index contributed by atoms with van der Waals surface area (Å²) in [5, 5.41) is 4.76. The third-order valence-corrected chi connectivity index (χ3v) is 5.68. The second-order valence-corrected chi connectivity index (χ2v) is 7.72. The first-order valence-electron chi connectivity index (χ1n) is 8.50. The molecule has 4 heteroatoms. The summed E-state index contributed by atoms with van der Waals surface area (Å²) in [5.41, 5.74) is 1.20. The molecule has 1 heterocycles. The minimum absolute atomic E-state index is 0.408. The van der Waals surface area contributed by atoms with Gasteiger partial charge in [0.15, 0.2) is 5.13 Å². The number of thiazole rings is 1. The molecule has 0 bridgehead atoms. The van der Waals surface area contributed by atoms with E-state index in [0.29, 0.717) is 18.0 Å². The van der Waals surface area contributed by atoms with E-state index in [1.807, 2.05) is 11.3 Å². The molecule has 1 aromatic rings. The van der Waals surface area contributed by atoms with Gasteiger partial charge in [-0.25, -0.2) is 4.98 Å². The van der Waals surface area contributed by atoms with Gasteiger partial charge in [0.05, 0.1) is 5.69 Å². The van der Waals surface area contributed by atoms with Crippen LogP contribution in [0.25, 0.3) is 0 Å². The lowest BCUT2D eigenvalue weighted by molar-refractivity contribution is 0.534. The van der Waals surface area contributed by atoms with E-state index in [-0.39, 0.29) is 0 Å². The maximum absolute atomic E-state index is 4.92. The normalized spacial score (nSPS) is 17.6. The Balaban J connectivity index is 2.21. The summed E-state index contributed by atoms with van der Waals surface area (Å²) in [4.78, 5) is 8.91. The molecule has 0 radical (unpaired) electrons. The molecule has 3 nitrogen and oxygen atoms in total. The zero-order chi connectivity index (χ0) is 15.4. The van der Waals surface area contributed by atoms with Crippen molar-refractivity contribution in [1.82, 2.24) is 10.3 Å². The first-order valence-corrected chi connectivity index (χ1v) is 9.31. The molecule has 1 atom stereocenters. The Hall–Kier alpha value is -0.610. The van der Waals surface area contributed by atoms with Gasteiger partial charge in [-0.3, -0.25) is 0 Å². The zero-order valence-electron chi connectivity index (χ0n) is 14.3. The summed E-state index contributed by atoms with van der Waals surface area (Å²) >= 11 is 1.90. The number of aromatic nitrogens is 1. The number of aryl methyl sites for hydroxylation is 1. The molecule has 1 aromatic heterocycles. The average molecular weight is 310 g/mol. The van der Waals surface area contributed by atoms with Crippen molar-refractivity contribution in [2.45, 2.75) is 72.4 Å². The standard InChI is InChI=1S/C17H31N3S/c1-6-18-13(4)16-14(5)19-17(21-16)20(11-12(2)3)15-9-7-8-10-15/h12-13,15,18H,6-11H2,1-5H3. The smallest absolute Gasteiger partial charge is 0.186 e. The number of anilines is 1. The molecule has 1 N–H and O–H groups in total. The van der Waals surface area contributed by atoms with Crippen molar-refractivity contribution in [1.29, 1.82) is 0 Å². The van der Waals surface area contributed by atoms with Gasteiger partial charge in [-0.15, -0.1) is 11.3 Å². The second kappa shape index (κ2) is 7.59. The van der Waals surface area contributed by atoms with Crippen molar-refractivity contribution in [3.8, 4) is 0 Å². The van der Waals surface area contributed by atoms with Crippen LogP contribution in [-0.4, -0.2) is 24.1 Å². The van der Waals surface area contributed by atoms with Crippen molar-refractivity contribution in [3.05, 3.63) is 10.6 Å². The van der Waals surface area contributed by atoms with E-state index in [4.69, 9.17) is 4.98 Å². The van der Waals surface area contributed by atoms with E-state index in [0.717, 1.165) is 13.1 Å². The van der Waals surface area contributed by atoms with Crippen LogP contribution in [0.5, 0.6) is 0 Å². The van der Waals surface area contributed by atoms with Crippen LogP contribution in [0.3, 0.4) is 0 Å². The molecular weight excluding hydrogens is 278 g/mol. The van der Waals surface area contributed by atoms with Crippen molar-refractivity contribution in [2.24, 2.45) is 5.92 Å². The molecule has 0 aromatic carbocycles. The van der Waals surface area contributed by atoms with Crippen LogP contribution in [-0.2, 0) is 0 Å². The number of rotatable bonds is 7. The largest absolute Gasteiger partial charge is 0.345 e. The van der Waals surface area contributed by atoms with E-state index < -0.39 is 0 Å². The summed E-state index contributed by atoms with van der Waals surface area (Å²) < 4.78 is 0. The monoisotopic (exact) mass is 309 g/mol. The van der Waals surface area contributed by atoms with E-state index in [1.54, 1.807) is 0 Å². The van der Waals surface area contributed by atoms with Crippen LogP contribution in [0, 0.1) is 12.8 Å². The van der Waals surface area contributed by atoms with Gasteiger partial charge in [-0.05, 0) is 39.2 Å². The predicted molar refractivity (Wildman–Crippen MR) is 93.4 cm³/mol. The van der Waals surface area contributed by atoms with E-state index in [2.05, 4.69) is 44.8 Å². The van der Waals surface area contributed by atoms with Gasteiger partial charge < -0.3 is 10.2 Å². The van der Waals surface area contributed by atoms with Crippen LogP contribution < -0.4 is 10.2 Å². The lowest BCUT2D eigenvalue weighted by Gasteiger charge is -2.30. The van der Waals surface area contributed by atoms with Crippen molar-refractivity contribution >= 4 is 16.5 Å². The lowest BCUT2D eigenvalue weighted by atomic mass is 10.1. The van der Waals surface area contributed by atoms with Crippen LogP contribution in [0.4, 0.5) is 5.13 Å². The predicted octanol–water partition coefficient (Wildman–Crippen LogP) is 4.53. The quantitative estimate of drug-likeness (QED) is 0.802. The zero-order valence-corrected chi connectivity index (χ0v) is 15.1. The molecule has 1 fully saturated rings. The molecule has 2 rings (SSSR count). The highest BCUT2D eigenvalue weighted by Gasteiger charge is 2.26. The minimum Gasteiger partial charge on any atom is -0.345 e. The molecule has 0 aliphatic heterocycles. The number of hydrogen-bond donors (Lipinski definition) is 1. The third-order valence-electron chi connectivity index (χ3n) is 4.30. The fraction of sp³-hybridized carbons (Fsp3) is 0.824. The summed E-state index contributed by atoms with van der Waals surface area (Å²) in [5.74, 6) is 0.685. The molecule has 0 spiro atoms. The average Bonchev–Trinajstić information content (AvgIpc) is 3.05. The summed E-state index contributed by atoms with van der Waals surface area (Å²) in [6, 6.07) is 1.12. The third kappa shape index (κ3) is 4.19. The molecule has 0 saturated heterocycles. The molecule has 0 amide bonds. The summed E-state index contributed by atoms with van der Waals surface area (Å²) in [6.07, 6.45) is 5.43. The first kappa shape index (κ1) is 16.8. The summed E-state index contributed by atoms with van der Waals surface area (Å²) in [7, 11) is 0. The molecule has 1 saturated carbocycles. The molecule has 1 unspecified atom stereocenters. The van der Waals surface area contributed by atoms with E-state index in [1.165, 1.54) is 41.4 Å². The number of nitrogens with zero attached hydrogens (tertiary/aromatic N) is 2. The minimum atomic E-state index is 0.408. The highest BCUT2D eigenvalue weighted by atomic mass is 32.1. The van der Waals surface area contributed by atoms with E-state index >= 15 is 0 Å². The maximum Gasteiger partial charge on any atom is 0.186 e. The van der Waals surface area contributed by atoms with Gasteiger partial charge in [0.1, 0.15) is 0 Å². The maximum atomic E-state index is 4.92. The Morgan fingerprint density at radius 1 is 1.29 bits per heavy atom. The fourth-order valence-electron chi connectivity index (χ4n) is 3.31. The highest BCUT2D eigenvalue weighted by molar-refractivity contribution is 7.15. The molecule has 21 heavy (non-hydrogen) atoms. The number of nitrogens with one attached hydrogen (secondary N) is 1. The molecule has 120 valence electrons. The van der Waals surface area contributed by atoms with Gasteiger partial charge >= 0.3 is 0 Å². The van der Waals surface area contributed by atoms with Crippen molar-refractivity contribution < 1.29 is 0 Å². The van der Waals surface area contributed by atoms with Crippen molar-refractivity contribution in [3.63, 3.8) is 0 Å². The van der Waals surface area contributed by atoms with Crippen LogP contribution in [0.2, 0.25) is 0 Å². The van der Waals surface area contributed by atoms with Gasteiger partial charge in [0.2, 0.25) is 0 Å². The Bertz CT molecular complexity index is 435. The van der Waals surface area contributed by atoms with Crippen molar-refractivity contribution in [2.75, 3.05) is 18.0 Å².